The monoisotopic (exact) mass is 344 g/mol. The summed E-state index contributed by atoms with van der Waals surface area (Å²) in [6.45, 7) is 1.86. The zero-order chi connectivity index (χ0) is 17.3. The molecule has 24 heavy (non-hydrogen) atoms. The van der Waals surface area contributed by atoms with E-state index < -0.39 is 17.5 Å². The van der Waals surface area contributed by atoms with E-state index in [1.165, 1.54) is 19.4 Å². The van der Waals surface area contributed by atoms with Crippen molar-refractivity contribution < 1.29 is 18.7 Å². The van der Waals surface area contributed by atoms with E-state index in [1.54, 1.807) is 12.1 Å². The summed E-state index contributed by atoms with van der Waals surface area (Å²) in [4.78, 5) is 39.8. The van der Waals surface area contributed by atoms with Gasteiger partial charge in [0.05, 0.1) is 18.7 Å². The molecule has 3 aromatic rings. The molecule has 1 N–H and O–H groups in total. The number of aryl methyl sites for hydroxylation is 1. The Balaban J connectivity index is 1.89. The lowest BCUT2D eigenvalue weighted by Gasteiger charge is -2.03. The lowest BCUT2D eigenvalue weighted by atomic mass is 10.1. The molecule has 0 aliphatic carbocycles. The van der Waals surface area contributed by atoms with Gasteiger partial charge >= 0.3 is 11.6 Å². The second kappa shape index (κ2) is 6.25. The number of nitrogens with zero attached hydrogens (tertiary/aromatic N) is 1. The van der Waals surface area contributed by atoms with E-state index in [9.17, 15) is 14.4 Å². The number of ether oxygens (including phenoxy) is 1. The van der Waals surface area contributed by atoms with E-state index in [4.69, 9.17) is 4.42 Å². The van der Waals surface area contributed by atoms with Gasteiger partial charge in [-0.1, -0.05) is 29.0 Å². The van der Waals surface area contributed by atoms with Crippen molar-refractivity contribution in [2.45, 2.75) is 6.92 Å². The number of amides is 1. The molecule has 1 amide bonds. The molecule has 0 aliphatic heterocycles. The Bertz CT molecular complexity index is 1010. The fourth-order valence-electron chi connectivity index (χ4n) is 2.10. The summed E-state index contributed by atoms with van der Waals surface area (Å²) in [5, 5.41) is 3.71. The number of carbonyl (C=O) groups excluding carboxylic acids is 2. The number of rotatable bonds is 3. The standard InChI is InChI=1S/C16H12N2O5S/c1-8-3-4-9-6-11(23-14(20)10(9)5-8)13(19)18-16-17-7-12(24-16)15(21)22-2/h3-7H,1-2H3,(H,17,18,19). The van der Waals surface area contributed by atoms with Crippen molar-refractivity contribution in [3.05, 3.63) is 57.1 Å². The number of esters is 1. The van der Waals surface area contributed by atoms with Crippen LogP contribution in [0.15, 0.2) is 39.7 Å². The number of aromatic nitrogens is 1. The molecule has 0 fully saturated rings. The number of thiazole rings is 1. The van der Waals surface area contributed by atoms with E-state index in [-0.39, 0.29) is 15.8 Å². The number of benzene rings is 1. The molecule has 0 saturated heterocycles. The van der Waals surface area contributed by atoms with Crippen LogP contribution in [0.25, 0.3) is 10.8 Å². The van der Waals surface area contributed by atoms with Gasteiger partial charge in [0.15, 0.2) is 10.9 Å². The third kappa shape index (κ3) is 3.04. The fraction of sp³-hybridized carbons (Fsp3) is 0.125. The van der Waals surface area contributed by atoms with E-state index in [0.29, 0.717) is 10.8 Å². The highest BCUT2D eigenvalue weighted by molar-refractivity contribution is 7.17. The van der Waals surface area contributed by atoms with Crippen LogP contribution in [-0.4, -0.2) is 24.0 Å². The molecule has 122 valence electrons. The van der Waals surface area contributed by atoms with Crippen LogP contribution in [0.3, 0.4) is 0 Å². The zero-order valence-electron chi connectivity index (χ0n) is 12.8. The Kier molecular flexibility index (Phi) is 4.13. The van der Waals surface area contributed by atoms with Crippen molar-refractivity contribution in [3.63, 3.8) is 0 Å². The van der Waals surface area contributed by atoms with Gasteiger partial charge in [-0.25, -0.2) is 14.6 Å². The first-order valence-corrected chi connectivity index (χ1v) is 7.69. The maximum Gasteiger partial charge on any atom is 0.349 e. The molecular formula is C16H12N2O5S. The molecular weight excluding hydrogens is 332 g/mol. The Morgan fingerprint density at radius 2 is 2.08 bits per heavy atom. The molecule has 0 aliphatic rings. The highest BCUT2D eigenvalue weighted by Gasteiger charge is 2.16. The fourth-order valence-corrected chi connectivity index (χ4v) is 2.83. The summed E-state index contributed by atoms with van der Waals surface area (Å²) < 4.78 is 9.64. The number of nitrogens with one attached hydrogen (secondary N) is 1. The highest BCUT2D eigenvalue weighted by Crippen LogP contribution is 2.20. The van der Waals surface area contributed by atoms with Crippen LogP contribution in [0.1, 0.15) is 25.8 Å². The normalized spacial score (nSPS) is 10.6. The van der Waals surface area contributed by atoms with E-state index in [0.717, 1.165) is 16.9 Å². The van der Waals surface area contributed by atoms with Crippen LogP contribution in [0, 0.1) is 6.92 Å². The van der Waals surface area contributed by atoms with Crippen molar-refractivity contribution in [2.75, 3.05) is 12.4 Å². The lowest BCUT2D eigenvalue weighted by Crippen LogP contribution is -2.14. The van der Waals surface area contributed by atoms with Crippen molar-refractivity contribution in [1.29, 1.82) is 0 Å². The lowest BCUT2D eigenvalue weighted by molar-refractivity contribution is 0.0606. The van der Waals surface area contributed by atoms with Gasteiger partial charge in [-0.15, -0.1) is 0 Å². The number of hydrogen-bond donors (Lipinski definition) is 1. The maximum atomic E-state index is 12.2. The number of anilines is 1. The summed E-state index contributed by atoms with van der Waals surface area (Å²) in [5.41, 5.74) is 0.334. The van der Waals surface area contributed by atoms with Crippen molar-refractivity contribution in [2.24, 2.45) is 0 Å². The number of hydrogen-bond acceptors (Lipinski definition) is 7. The van der Waals surface area contributed by atoms with Gasteiger partial charge in [0, 0.05) is 0 Å². The van der Waals surface area contributed by atoms with Crippen LogP contribution >= 0.6 is 11.3 Å². The van der Waals surface area contributed by atoms with E-state index >= 15 is 0 Å². The van der Waals surface area contributed by atoms with Crippen LogP contribution in [-0.2, 0) is 4.74 Å². The van der Waals surface area contributed by atoms with Crippen LogP contribution in [0.4, 0.5) is 5.13 Å². The Morgan fingerprint density at radius 1 is 1.29 bits per heavy atom. The molecule has 0 spiro atoms. The van der Waals surface area contributed by atoms with Gasteiger partial charge in [0.1, 0.15) is 4.88 Å². The van der Waals surface area contributed by atoms with E-state index in [2.05, 4.69) is 15.0 Å². The minimum atomic E-state index is -0.625. The molecule has 0 bridgehead atoms. The smallest absolute Gasteiger partial charge is 0.349 e. The summed E-state index contributed by atoms with van der Waals surface area (Å²) >= 11 is 0.961. The van der Waals surface area contributed by atoms with Crippen LogP contribution < -0.4 is 10.9 Å². The molecule has 3 rings (SSSR count). The molecule has 1 aromatic carbocycles. The van der Waals surface area contributed by atoms with Crippen molar-refractivity contribution >= 4 is 39.1 Å². The first-order chi connectivity index (χ1) is 11.5. The predicted octanol–water partition coefficient (Wildman–Crippen LogP) is 2.60. The molecule has 0 unspecified atom stereocenters. The molecule has 8 heteroatoms. The van der Waals surface area contributed by atoms with Gasteiger partial charge in [-0.2, -0.15) is 0 Å². The van der Waals surface area contributed by atoms with Gasteiger partial charge < -0.3 is 9.15 Å². The zero-order valence-corrected chi connectivity index (χ0v) is 13.6. The Hall–Kier alpha value is -3.00. The van der Waals surface area contributed by atoms with Gasteiger partial charge in [-0.3, -0.25) is 10.1 Å². The van der Waals surface area contributed by atoms with Gasteiger partial charge in [0.25, 0.3) is 5.91 Å². The number of methoxy groups -OCH3 is 1. The first-order valence-electron chi connectivity index (χ1n) is 6.88. The van der Waals surface area contributed by atoms with Crippen LogP contribution in [0.5, 0.6) is 0 Å². The highest BCUT2D eigenvalue weighted by atomic mass is 32.1. The average molecular weight is 344 g/mol. The molecule has 7 nitrogen and oxygen atoms in total. The van der Waals surface area contributed by atoms with Gasteiger partial charge in [-0.05, 0) is 24.4 Å². The van der Waals surface area contributed by atoms with Crippen molar-refractivity contribution in [1.82, 2.24) is 4.98 Å². The van der Waals surface area contributed by atoms with Crippen LogP contribution in [0.2, 0.25) is 0 Å². The summed E-state index contributed by atoms with van der Waals surface area (Å²) in [6, 6.07) is 6.77. The molecule has 0 atom stereocenters. The maximum absolute atomic E-state index is 12.2. The third-order valence-electron chi connectivity index (χ3n) is 3.25. The predicted molar refractivity (Wildman–Crippen MR) is 88.6 cm³/mol. The van der Waals surface area contributed by atoms with E-state index in [1.807, 2.05) is 13.0 Å². The molecule has 2 aromatic heterocycles. The minimum Gasteiger partial charge on any atom is -0.465 e. The molecule has 2 heterocycles. The van der Waals surface area contributed by atoms with Gasteiger partial charge in [0.2, 0.25) is 0 Å². The quantitative estimate of drug-likeness (QED) is 0.733. The topological polar surface area (TPSA) is 98.5 Å². The Morgan fingerprint density at radius 3 is 2.83 bits per heavy atom. The largest absolute Gasteiger partial charge is 0.465 e. The van der Waals surface area contributed by atoms with Crippen molar-refractivity contribution in [3.8, 4) is 0 Å². The molecule has 0 saturated carbocycles. The SMILES string of the molecule is COC(=O)c1cnc(NC(=O)c2cc3ccc(C)cc3c(=O)o2)s1. The second-order valence-electron chi connectivity index (χ2n) is 4.96. The number of carbonyl (C=O) groups is 2. The first kappa shape index (κ1) is 15.9. The average Bonchev–Trinajstić information content (AvgIpc) is 3.03. The summed E-state index contributed by atoms with van der Waals surface area (Å²) in [5.74, 6) is -1.30. The Labute approximate surface area is 139 Å². The summed E-state index contributed by atoms with van der Waals surface area (Å²) in [6.07, 6.45) is 1.30. The summed E-state index contributed by atoms with van der Waals surface area (Å²) in [7, 11) is 1.26. The third-order valence-corrected chi connectivity index (χ3v) is 4.15. The minimum absolute atomic E-state index is 0.133. The molecule has 0 radical (unpaired) electrons. The number of fused-ring (bicyclic) bond motifs is 1. The second-order valence-corrected chi connectivity index (χ2v) is 5.99.